The highest BCUT2D eigenvalue weighted by Gasteiger charge is 2.32. The average Bonchev–Trinajstić information content (AvgIpc) is 1.95. The number of rotatable bonds is 1. The number of likely N-dealkylation sites (tertiary alicyclic amines) is 1. The molecule has 1 atom stereocenters. The largest absolute Gasteiger partial charge is 0.393 e. The van der Waals surface area contributed by atoms with Crippen LogP contribution in [0.1, 0.15) is 26.7 Å². The predicted molar refractivity (Wildman–Crippen MR) is 46.5 cm³/mol. The van der Waals surface area contributed by atoms with Crippen molar-refractivity contribution in [3.8, 4) is 0 Å². The van der Waals surface area contributed by atoms with Crippen molar-refractivity contribution >= 4 is 0 Å². The molecule has 1 aliphatic heterocycles. The number of piperidine rings is 1. The topological polar surface area (TPSA) is 23.5 Å². The van der Waals surface area contributed by atoms with Crippen molar-refractivity contribution in [1.29, 1.82) is 0 Å². The van der Waals surface area contributed by atoms with Crippen LogP contribution >= 0.6 is 0 Å². The van der Waals surface area contributed by atoms with E-state index >= 15 is 0 Å². The van der Waals surface area contributed by atoms with Crippen LogP contribution < -0.4 is 0 Å². The summed E-state index contributed by atoms with van der Waals surface area (Å²) in [5.74, 6) is 0. The van der Waals surface area contributed by atoms with Gasteiger partial charge in [-0.05, 0) is 45.3 Å². The second-order valence-corrected chi connectivity index (χ2v) is 4.13. The maximum Gasteiger partial charge on any atom is 0.0566 e. The molecule has 0 amide bonds. The van der Waals surface area contributed by atoms with Crippen LogP contribution in [0.4, 0.5) is 0 Å². The van der Waals surface area contributed by atoms with Gasteiger partial charge in [0.05, 0.1) is 6.10 Å². The van der Waals surface area contributed by atoms with Crippen molar-refractivity contribution in [1.82, 2.24) is 4.90 Å². The summed E-state index contributed by atoms with van der Waals surface area (Å²) in [6.45, 7) is 6.35. The summed E-state index contributed by atoms with van der Waals surface area (Å²) in [4.78, 5) is 2.32. The number of aliphatic hydroxyl groups excluding tert-OH is 1. The standard InChI is InChI=1S/C9H19NO/c1-8(11)9(2)4-6-10(3)7-5-9/h8,11H,4-7H2,1-3H3. The first-order valence-corrected chi connectivity index (χ1v) is 4.41. The molecule has 0 spiro atoms. The number of hydrogen-bond donors (Lipinski definition) is 1. The van der Waals surface area contributed by atoms with E-state index in [1.165, 1.54) is 0 Å². The van der Waals surface area contributed by atoms with Crippen molar-refractivity contribution in [2.24, 2.45) is 5.41 Å². The van der Waals surface area contributed by atoms with E-state index in [4.69, 9.17) is 0 Å². The molecule has 0 aromatic rings. The van der Waals surface area contributed by atoms with Crippen molar-refractivity contribution in [3.63, 3.8) is 0 Å². The minimum atomic E-state index is -0.156. The maximum atomic E-state index is 9.50. The lowest BCUT2D eigenvalue weighted by atomic mass is 9.76. The Bertz CT molecular complexity index is 126. The van der Waals surface area contributed by atoms with Crippen LogP contribution in [0, 0.1) is 5.41 Å². The Morgan fingerprint density at radius 2 is 1.82 bits per heavy atom. The van der Waals surface area contributed by atoms with Crippen molar-refractivity contribution < 1.29 is 5.11 Å². The van der Waals surface area contributed by atoms with Crippen LogP contribution in [-0.4, -0.2) is 36.2 Å². The Morgan fingerprint density at radius 1 is 1.36 bits per heavy atom. The highest BCUT2D eigenvalue weighted by Crippen LogP contribution is 2.33. The van der Waals surface area contributed by atoms with Crippen molar-refractivity contribution in [2.75, 3.05) is 20.1 Å². The highest BCUT2D eigenvalue weighted by atomic mass is 16.3. The number of hydrogen-bond acceptors (Lipinski definition) is 2. The van der Waals surface area contributed by atoms with E-state index in [9.17, 15) is 5.11 Å². The van der Waals surface area contributed by atoms with E-state index in [1.807, 2.05) is 6.92 Å². The fourth-order valence-corrected chi connectivity index (χ4v) is 1.55. The molecule has 2 nitrogen and oxygen atoms in total. The van der Waals surface area contributed by atoms with Gasteiger partial charge in [-0.25, -0.2) is 0 Å². The highest BCUT2D eigenvalue weighted by molar-refractivity contribution is 4.85. The Hall–Kier alpha value is -0.0800. The Labute approximate surface area is 69.2 Å². The Morgan fingerprint density at radius 3 is 2.18 bits per heavy atom. The summed E-state index contributed by atoms with van der Waals surface area (Å²) in [5.41, 5.74) is 0.173. The molecule has 1 saturated heterocycles. The van der Waals surface area contributed by atoms with E-state index in [1.54, 1.807) is 0 Å². The van der Waals surface area contributed by atoms with Crippen LogP contribution in [0.25, 0.3) is 0 Å². The first kappa shape index (κ1) is 9.01. The van der Waals surface area contributed by atoms with Crippen LogP contribution in [-0.2, 0) is 0 Å². The molecule has 2 heteroatoms. The quantitative estimate of drug-likeness (QED) is 0.616. The average molecular weight is 157 g/mol. The van der Waals surface area contributed by atoms with Gasteiger partial charge in [0, 0.05) is 0 Å². The second-order valence-electron chi connectivity index (χ2n) is 4.13. The van der Waals surface area contributed by atoms with Gasteiger partial charge >= 0.3 is 0 Å². The molecule has 11 heavy (non-hydrogen) atoms. The van der Waals surface area contributed by atoms with Crippen molar-refractivity contribution in [2.45, 2.75) is 32.8 Å². The molecule has 0 saturated carbocycles. The van der Waals surface area contributed by atoms with Gasteiger partial charge in [0.2, 0.25) is 0 Å². The van der Waals surface area contributed by atoms with Gasteiger partial charge in [0.1, 0.15) is 0 Å². The van der Waals surface area contributed by atoms with Gasteiger partial charge < -0.3 is 10.0 Å². The number of aliphatic hydroxyl groups is 1. The zero-order valence-electron chi connectivity index (χ0n) is 7.80. The van der Waals surface area contributed by atoms with Crippen LogP contribution in [0.3, 0.4) is 0 Å². The molecule has 0 aliphatic carbocycles. The molecule has 1 N–H and O–H groups in total. The lowest BCUT2D eigenvalue weighted by molar-refractivity contribution is 0.00544. The predicted octanol–water partition coefficient (Wildman–Crippen LogP) is 1.10. The van der Waals surface area contributed by atoms with Crippen molar-refractivity contribution in [3.05, 3.63) is 0 Å². The molecule has 66 valence electrons. The molecule has 0 bridgehead atoms. The van der Waals surface area contributed by atoms with E-state index in [2.05, 4.69) is 18.9 Å². The SMILES string of the molecule is CC(O)C1(C)CCN(C)CC1. The zero-order chi connectivity index (χ0) is 8.48. The minimum absolute atomic E-state index is 0.156. The smallest absolute Gasteiger partial charge is 0.0566 e. The van der Waals surface area contributed by atoms with Gasteiger partial charge in [-0.2, -0.15) is 0 Å². The van der Waals surface area contributed by atoms with E-state index in [0.717, 1.165) is 25.9 Å². The van der Waals surface area contributed by atoms with E-state index < -0.39 is 0 Å². The Balaban J connectivity index is 2.48. The monoisotopic (exact) mass is 157 g/mol. The third-order valence-electron chi connectivity index (χ3n) is 3.14. The lowest BCUT2D eigenvalue weighted by Gasteiger charge is -2.39. The van der Waals surface area contributed by atoms with Gasteiger partial charge in [0.25, 0.3) is 0 Å². The van der Waals surface area contributed by atoms with Crippen LogP contribution in [0.2, 0.25) is 0 Å². The second kappa shape index (κ2) is 3.11. The first-order valence-electron chi connectivity index (χ1n) is 4.41. The number of nitrogens with zero attached hydrogens (tertiary/aromatic N) is 1. The Kier molecular flexibility index (Phi) is 2.55. The van der Waals surface area contributed by atoms with Gasteiger partial charge in [-0.15, -0.1) is 0 Å². The molecule has 1 fully saturated rings. The third-order valence-corrected chi connectivity index (χ3v) is 3.14. The summed E-state index contributed by atoms with van der Waals surface area (Å²) in [6.07, 6.45) is 2.10. The molecule has 0 radical (unpaired) electrons. The fraction of sp³-hybridized carbons (Fsp3) is 1.00. The van der Waals surface area contributed by atoms with Crippen LogP contribution in [0.5, 0.6) is 0 Å². The van der Waals surface area contributed by atoms with E-state index in [-0.39, 0.29) is 11.5 Å². The minimum Gasteiger partial charge on any atom is -0.393 e. The molecule has 1 aliphatic rings. The third kappa shape index (κ3) is 1.94. The molecule has 1 rings (SSSR count). The summed E-state index contributed by atoms with van der Waals surface area (Å²) in [7, 11) is 2.14. The summed E-state index contributed by atoms with van der Waals surface area (Å²) in [6, 6.07) is 0. The lowest BCUT2D eigenvalue weighted by Crippen LogP contribution is -2.41. The summed E-state index contributed by atoms with van der Waals surface area (Å²) in [5, 5.41) is 9.50. The normalized spacial score (nSPS) is 28.4. The molecule has 0 aromatic carbocycles. The van der Waals surface area contributed by atoms with Gasteiger partial charge in [-0.3, -0.25) is 0 Å². The molecule has 1 unspecified atom stereocenters. The van der Waals surface area contributed by atoms with Gasteiger partial charge in [0.15, 0.2) is 0 Å². The maximum absolute atomic E-state index is 9.50. The molecular formula is C9H19NO. The van der Waals surface area contributed by atoms with Crippen LogP contribution in [0.15, 0.2) is 0 Å². The fourth-order valence-electron chi connectivity index (χ4n) is 1.55. The summed E-state index contributed by atoms with van der Waals surface area (Å²) < 4.78 is 0. The first-order chi connectivity index (χ1) is 5.04. The molecule has 0 aromatic heterocycles. The van der Waals surface area contributed by atoms with E-state index in [0.29, 0.717) is 0 Å². The molecular weight excluding hydrogens is 138 g/mol. The van der Waals surface area contributed by atoms with Gasteiger partial charge in [-0.1, -0.05) is 6.92 Å². The zero-order valence-corrected chi connectivity index (χ0v) is 7.80. The molecule has 1 heterocycles. The summed E-state index contributed by atoms with van der Waals surface area (Å²) >= 11 is 0.